The van der Waals surface area contributed by atoms with E-state index >= 15 is 0 Å². The fourth-order valence-electron chi connectivity index (χ4n) is 3.06. The van der Waals surface area contributed by atoms with Gasteiger partial charge in [0, 0.05) is 5.69 Å². The van der Waals surface area contributed by atoms with E-state index in [2.05, 4.69) is 19.2 Å². The molecule has 28 heavy (non-hydrogen) atoms. The molecule has 0 radical (unpaired) electrons. The van der Waals surface area contributed by atoms with Gasteiger partial charge in [-0.05, 0) is 40.5 Å². The first-order chi connectivity index (χ1) is 13.5. The molecule has 0 aliphatic rings. The molecule has 0 aromatic heterocycles. The minimum Gasteiger partial charge on any atom is -0.496 e. The number of hydrogen-bond donors (Lipinski definition) is 1. The molecule has 3 aromatic carbocycles. The summed E-state index contributed by atoms with van der Waals surface area (Å²) in [5.41, 5.74) is 2.04. The van der Waals surface area contributed by atoms with E-state index in [4.69, 9.17) is 9.47 Å². The van der Waals surface area contributed by atoms with Gasteiger partial charge in [0.1, 0.15) is 11.3 Å². The molecule has 0 aliphatic carbocycles. The minimum atomic E-state index is -0.602. The molecule has 0 saturated heterocycles. The smallest absolute Gasteiger partial charge is 0.342 e. The summed E-state index contributed by atoms with van der Waals surface area (Å²) < 4.78 is 10.5. The van der Waals surface area contributed by atoms with Crippen molar-refractivity contribution in [3.05, 3.63) is 71.8 Å². The predicted octanol–water partition coefficient (Wildman–Crippen LogP) is 4.77. The van der Waals surface area contributed by atoms with Crippen molar-refractivity contribution in [1.29, 1.82) is 0 Å². The predicted molar refractivity (Wildman–Crippen MR) is 110 cm³/mol. The largest absolute Gasteiger partial charge is 0.496 e. The number of hydrogen-bond acceptors (Lipinski definition) is 4. The minimum absolute atomic E-state index is 0.265. The number of amides is 1. The van der Waals surface area contributed by atoms with Gasteiger partial charge >= 0.3 is 5.97 Å². The van der Waals surface area contributed by atoms with Crippen molar-refractivity contribution in [3.63, 3.8) is 0 Å². The molecule has 0 atom stereocenters. The van der Waals surface area contributed by atoms with Crippen molar-refractivity contribution < 1.29 is 19.1 Å². The third kappa shape index (κ3) is 4.31. The van der Waals surface area contributed by atoms with Crippen molar-refractivity contribution in [2.75, 3.05) is 19.0 Å². The van der Waals surface area contributed by atoms with Gasteiger partial charge in [0.2, 0.25) is 0 Å². The lowest BCUT2D eigenvalue weighted by Crippen LogP contribution is -2.22. The number of ether oxygens (including phenoxy) is 2. The van der Waals surface area contributed by atoms with Crippen LogP contribution in [0, 0.1) is 0 Å². The molecular weight excluding hydrogens is 354 g/mol. The van der Waals surface area contributed by atoms with Gasteiger partial charge in [0.25, 0.3) is 5.91 Å². The summed E-state index contributed by atoms with van der Waals surface area (Å²) in [5.74, 6) is -0.314. The van der Waals surface area contributed by atoms with Crippen LogP contribution in [0.25, 0.3) is 10.8 Å². The van der Waals surface area contributed by atoms with E-state index in [0.29, 0.717) is 5.75 Å². The topological polar surface area (TPSA) is 64.6 Å². The van der Waals surface area contributed by atoms with E-state index in [9.17, 15) is 9.59 Å². The Balaban J connectivity index is 1.70. The first kappa shape index (κ1) is 19.4. The van der Waals surface area contributed by atoms with Gasteiger partial charge in [0.15, 0.2) is 6.61 Å². The van der Waals surface area contributed by atoms with Crippen LogP contribution in [0.1, 0.15) is 35.7 Å². The first-order valence-electron chi connectivity index (χ1n) is 9.12. The Morgan fingerprint density at radius 3 is 2.29 bits per heavy atom. The molecule has 0 heterocycles. The molecule has 0 spiro atoms. The number of carbonyl (C=O) groups is 2. The van der Waals surface area contributed by atoms with Gasteiger partial charge in [-0.1, -0.05) is 56.3 Å². The molecule has 0 saturated carbocycles. The lowest BCUT2D eigenvalue weighted by atomic mass is 10.0. The van der Waals surface area contributed by atoms with Gasteiger partial charge in [-0.3, -0.25) is 4.79 Å². The molecule has 0 aliphatic heterocycles. The molecule has 0 bridgehead atoms. The fraction of sp³-hybridized carbons (Fsp3) is 0.217. The highest BCUT2D eigenvalue weighted by Crippen LogP contribution is 2.27. The quantitative estimate of drug-likeness (QED) is 0.629. The molecular formula is C23H23NO4. The molecule has 1 N–H and O–H groups in total. The second kappa shape index (κ2) is 8.57. The summed E-state index contributed by atoms with van der Waals surface area (Å²) in [6, 6.07) is 18.7. The van der Waals surface area contributed by atoms with Crippen molar-refractivity contribution in [2.24, 2.45) is 0 Å². The molecule has 0 fully saturated rings. The molecule has 3 aromatic rings. The van der Waals surface area contributed by atoms with Crippen LogP contribution in [0.15, 0.2) is 60.7 Å². The van der Waals surface area contributed by atoms with E-state index in [1.807, 2.05) is 48.5 Å². The highest BCUT2D eigenvalue weighted by Gasteiger charge is 2.17. The van der Waals surface area contributed by atoms with E-state index in [-0.39, 0.29) is 24.0 Å². The highest BCUT2D eigenvalue weighted by molar-refractivity contribution is 6.00. The number of carbonyl (C=O) groups excluding carboxylic acids is 2. The zero-order chi connectivity index (χ0) is 20.1. The van der Waals surface area contributed by atoms with Gasteiger partial charge in [-0.25, -0.2) is 4.79 Å². The fourth-order valence-corrected chi connectivity index (χ4v) is 3.06. The van der Waals surface area contributed by atoms with Crippen molar-refractivity contribution in [3.8, 4) is 5.75 Å². The van der Waals surface area contributed by atoms with E-state index in [1.165, 1.54) is 7.11 Å². The van der Waals surface area contributed by atoms with Crippen LogP contribution in [0.4, 0.5) is 5.69 Å². The Labute approximate surface area is 164 Å². The number of methoxy groups -OCH3 is 1. The van der Waals surface area contributed by atoms with Crippen LogP contribution in [0.3, 0.4) is 0 Å². The van der Waals surface area contributed by atoms with Crippen LogP contribution in [0.2, 0.25) is 0 Å². The van der Waals surface area contributed by atoms with E-state index < -0.39 is 5.97 Å². The number of para-hydroxylation sites is 1. The van der Waals surface area contributed by atoms with Gasteiger partial charge in [0.05, 0.1) is 7.11 Å². The van der Waals surface area contributed by atoms with E-state index in [0.717, 1.165) is 22.0 Å². The number of esters is 1. The maximum atomic E-state index is 12.5. The summed E-state index contributed by atoms with van der Waals surface area (Å²) in [7, 11) is 1.50. The zero-order valence-corrected chi connectivity index (χ0v) is 16.2. The number of benzene rings is 3. The lowest BCUT2D eigenvalue weighted by molar-refractivity contribution is -0.119. The normalized spacial score (nSPS) is 10.7. The van der Waals surface area contributed by atoms with Gasteiger partial charge < -0.3 is 14.8 Å². The number of fused-ring (bicyclic) bond motifs is 1. The third-order valence-electron chi connectivity index (χ3n) is 4.48. The molecule has 5 nitrogen and oxygen atoms in total. The summed E-state index contributed by atoms with van der Waals surface area (Å²) in [6.07, 6.45) is 0. The van der Waals surface area contributed by atoms with Crippen LogP contribution >= 0.6 is 0 Å². The highest BCUT2D eigenvalue weighted by atomic mass is 16.5. The SMILES string of the molecule is COc1cc2ccccc2cc1C(=O)OCC(=O)Nc1ccccc1C(C)C. The molecule has 0 unspecified atom stereocenters. The average molecular weight is 377 g/mol. The molecule has 1 amide bonds. The summed E-state index contributed by atoms with van der Waals surface area (Å²) in [6.45, 7) is 3.73. The number of rotatable bonds is 6. The molecule has 3 rings (SSSR count). The molecule has 144 valence electrons. The van der Waals surface area contributed by atoms with Gasteiger partial charge in [-0.2, -0.15) is 0 Å². The molecule has 5 heteroatoms. The standard InChI is InChI=1S/C23H23NO4/c1-15(2)18-10-6-7-11-20(18)24-22(25)14-28-23(26)19-12-16-8-4-5-9-17(16)13-21(19)27-3/h4-13,15H,14H2,1-3H3,(H,24,25). The van der Waals surface area contributed by atoms with Crippen LogP contribution < -0.4 is 10.1 Å². The first-order valence-corrected chi connectivity index (χ1v) is 9.12. The average Bonchev–Trinajstić information content (AvgIpc) is 2.71. The number of anilines is 1. The third-order valence-corrected chi connectivity index (χ3v) is 4.48. The Morgan fingerprint density at radius 1 is 0.964 bits per heavy atom. The maximum Gasteiger partial charge on any atom is 0.342 e. The Hall–Kier alpha value is -3.34. The van der Waals surface area contributed by atoms with Crippen LogP contribution in [-0.2, 0) is 9.53 Å². The second-order valence-electron chi connectivity index (χ2n) is 6.77. The van der Waals surface area contributed by atoms with Crippen molar-refractivity contribution in [1.82, 2.24) is 0 Å². The maximum absolute atomic E-state index is 12.5. The Morgan fingerprint density at radius 2 is 1.61 bits per heavy atom. The monoisotopic (exact) mass is 377 g/mol. The lowest BCUT2D eigenvalue weighted by Gasteiger charge is -2.14. The zero-order valence-electron chi connectivity index (χ0n) is 16.2. The summed E-state index contributed by atoms with van der Waals surface area (Å²) in [5, 5.41) is 4.66. The summed E-state index contributed by atoms with van der Waals surface area (Å²) in [4.78, 5) is 24.8. The van der Waals surface area contributed by atoms with Crippen molar-refractivity contribution in [2.45, 2.75) is 19.8 Å². The van der Waals surface area contributed by atoms with E-state index in [1.54, 1.807) is 12.1 Å². The van der Waals surface area contributed by atoms with Crippen molar-refractivity contribution >= 4 is 28.3 Å². The van der Waals surface area contributed by atoms with Gasteiger partial charge in [-0.15, -0.1) is 0 Å². The second-order valence-corrected chi connectivity index (χ2v) is 6.77. The van der Waals surface area contributed by atoms with Crippen LogP contribution in [-0.4, -0.2) is 25.6 Å². The Bertz CT molecular complexity index is 1010. The summed E-state index contributed by atoms with van der Waals surface area (Å²) >= 11 is 0. The Kier molecular flexibility index (Phi) is 5.94. The number of nitrogens with one attached hydrogen (secondary N) is 1. The van der Waals surface area contributed by atoms with Crippen LogP contribution in [0.5, 0.6) is 5.75 Å².